The molecule has 0 aliphatic heterocycles. The van der Waals surface area contributed by atoms with Crippen molar-refractivity contribution in [3.63, 3.8) is 0 Å². The normalized spacial score (nSPS) is 13.9. The van der Waals surface area contributed by atoms with E-state index in [0.29, 0.717) is 12.0 Å². The third kappa shape index (κ3) is 28.8. The Balaban J connectivity index is 0.00000788. The van der Waals surface area contributed by atoms with Gasteiger partial charge in [0.2, 0.25) is 41.4 Å². The zero-order valence-electron chi connectivity index (χ0n) is 41.0. The lowest BCUT2D eigenvalue weighted by Crippen LogP contribution is -2.61. The van der Waals surface area contributed by atoms with Crippen LogP contribution in [0.3, 0.4) is 0 Å². The van der Waals surface area contributed by atoms with Crippen molar-refractivity contribution >= 4 is 83.1 Å². The second-order valence-electron chi connectivity index (χ2n) is 16.6. The predicted octanol–water partition coefficient (Wildman–Crippen LogP) is -5.00. The van der Waals surface area contributed by atoms with Crippen LogP contribution in [0.1, 0.15) is 76.2 Å². The Labute approximate surface area is 438 Å². The molecule has 21 N–H and O–H groups in total. The van der Waals surface area contributed by atoms with Gasteiger partial charge in [0.05, 0.1) is 38.1 Å². The maximum absolute atomic E-state index is 13.8. The lowest BCUT2D eigenvalue weighted by molar-refractivity contribution is -0.192. The summed E-state index contributed by atoms with van der Waals surface area (Å²) in [7, 11) is 0. The summed E-state index contributed by atoms with van der Waals surface area (Å²) in [4.78, 5) is 173. The van der Waals surface area contributed by atoms with Crippen molar-refractivity contribution in [3.8, 4) is 5.75 Å². The molecular weight excluding hydrogens is 1070 g/mol. The number of nitrogens with one attached hydrogen (secondary N) is 7. The summed E-state index contributed by atoms with van der Waals surface area (Å²) < 4.78 is 31.7. The average molecular weight is 1130 g/mol. The first-order valence-corrected chi connectivity index (χ1v) is 22.9. The maximum atomic E-state index is 13.8. The number of carboxylic acid groups (broad SMARTS) is 7. The summed E-state index contributed by atoms with van der Waals surface area (Å²) in [5, 5.41) is 88.1. The van der Waals surface area contributed by atoms with E-state index in [1.54, 1.807) is 0 Å². The highest BCUT2D eigenvalue weighted by molar-refractivity contribution is 6.00. The molecular formula is C43H61F3N10O22. The fourth-order valence-corrected chi connectivity index (χ4v) is 6.32. The Kier molecular flexibility index (Phi) is 30.9. The smallest absolute Gasteiger partial charge is 0.490 e. The second kappa shape index (κ2) is 34.8. The van der Waals surface area contributed by atoms with Crippen LogP contribution in [-0.2, 0) is 73.5 Å². The van der Waals surface area contributed by atoms with Gasteiger partial charge in [0.15, 0.2) is 0 Å². The molecule has 0 unspecified atom stereocenters. The molecule has 8 atom stereocenters. The first-order chi connectivity index (χ1) is 36.2. The number of hydrogen-bond acceptors (Lipinski definition) is 18. The second-order valence-corrected chi connectivity index (χ2v) is 16.6. The number of benzene rings is 1. The Bertz CT molecular complexity index is 2310. The Morgan fingerprint density at radius 3 is 1.01 bits per heavy atom. The fraction of sp³-hybridized carbons (Fsp3) is 0.535. The van der Waals surface area contributed by atoms with Gasteiger partial charge < -0.3 is 95.3 Å². The van der Waals surface area contributed by atoms with Crippen molar-refractivity contribution in [2.75, 3.05) is 13.1 Å². The number of carbonyl (C=O) groups excluding carboxylic acids is 7. The summed E-state index contributed by atoms with van der Waals surface area (Å²) in [6.07, 6.45) is -10.8. The summed E-state index contributed by atoms with van der Waals surface area (Å²) in [6.45, 7) is 0.271. The van der Waals surface area contributed by atoms with Crippen LogP contribution in [0.5, 0.6) is 5.75 Å². The molecule has 0 fully saturated rings. The summed E-state index contributed by atoms with van der Waals surface area (Å²) in [6, 6.07) is -9.94. The monoisotopic (exact) mass is 1130 g/mol. The van der Waals surface area contributed by atoms with Crippen LogP contribution in [0.2, 0.25) is 0 Å². The van der Waals surface area contributed by atoms with Gasteiger partial charge in [-0.25, -0.2) is 9.59 Å². The molecule has 32 nitrogen and oxygen atoms in total. The molecule has 78 heavy (non-hydrogen) atoms. The number of amides is 7. The van der Waals surface area contributed by atoms with Crippen LogP contribution < -0.4 is 54.4 Å². The van der Waals surface area contributed by atoms with E-state index in [-0.39, 0.29) is 57.4 Å². The van der Waals surface area contributed by atoms with Gasteiger partial charge in [-0.05, 0) is 69.3 Å². The fourth-order valence-electron chi connectivity index (χ4n) is 6.32. The molecule has 0 aliphatic carbocycles. The number of aliphatic carboxylic acids is 7. The number of unbranched alkanes of at least 4 members (excludes halogenated alkanes) is 2. The predicted molar refractivity (Wildman–Crippen MR) is 252 cm³/mol. The van der Waals surface area contributed by atoms with Gasteiger partial charge in [-0.1, -0.05) is 12.1 Å². The molecule has 1 aromatic rings. The average Bonchev–Trinajstić information content (AvgIpc) is 3.31. The van der Waals surface area contributed by atoms with Crippen molar-refractivity contribution < 1.29 is 121 Å². The van der Waals surface area contributed by atoms with E-state index >= 15 is 0 Å². The lowest BCUT2D eigenvalue weighted by Gasteiger charge is -2.27. The van der Waals surface area contributed by atoms with Crippen molar-refractivity contribution in [2.45, 2.75) is 132 Å². The molecule has 0 heterocycles. The van der Waals surface area contributed by atoms with Crippen molar-refractivity contribution in [3.05, 3.63) is 29.8 Å². The highest BCUT2D eigenvalue weighted by atomic mass is 19.4. The minimum absolute atomic E-state index is 0.0940. The number of carbonyl (C=O) groups is 14. The van der Waals surface area contributed by atoms with Gasteiger partial charge in [0.25, 0.3) is 0 Å². The van der Waals surface area contributed by atoms with E-state index in [1.165, 1.54) is 24.3 Å². The zero-order valence-corrected chi connectivity index (χ0v) is 41.0. The molecule has 0 spiro atoms. The van der Waals surface area contributed by atoms with E-state index in [2.05, 4.69) is 21.3 Å². The number of halogens is 3. The van der Waals surface area contributed by atoms with Gasteiger partial charge in [-0.15, -0.1) is 0 Å². The number of phenolic OH excluding ortho intramolecular Hbond substituents is 1. The van der Waals surface area contributed by atoms with E-state index < -0.39 is 170 Å². The zero-order chi connectivity index (χ0) is 60.0. The molecule has 1 rings (SSSR count). The summed E-state index contributed by atoms with van der Waals surface area (Å²) in [5.74, 6) is -22.4. The topological polar surface area (TPSA) is 563 Å². The minimum Gasteiger partial charge on any atom is -0.508 e. The highest BCUT2D eigenvalue weighted by Crippen LogP contribution is 2.14. The van der Waals surface area contributed by atoms with E-state index in [1.807, 2.05) is 16.0 Å². The molecule has 0 saturated carbocycles. The van der Waals surface area contributed by atoms with Crippen LogP contribution in [0.15, 0.2) is 24.3 Å². The van der Waals surface area contributed by atoms with Crippen molar-refractivity contribution in [1.29, 1.82) is 0 Å². The number of aromatic hydroxyl groups is 1. The SMILES string of the molecule is NCCCC[C@H](NC(=O)[C@H](CC(=O)O)NC(=O)[C@H](CC(=O)O)NC(=O)[C@H](CC(=O)O)NC(=O)[C@H](CC(=O)O)NC(=O)[C@H](CCCCN)NC(=O)[C@H](Cc1ccc(O)cc1)NC(=O)[C@@H](N)CC(=O)O)C(=O)O.O=C(O)C(F)(F)F. The number of nitrogens with two attached hydrogens (primary N) is 3. The Morgan fingerprint density at radius 1 is 0.423 bits per heavy atom. The van der Waals surface area contributed by atoms with E-state index in [9.17, 15) is 106 Å². The third-order valence-corrected chi connectivity index (χ3v) is 10.2. The first-order valence-electron chi connectivity index (χ1n) is 22.9. The Morgan fingerprint density at radius 2 is 0.705 bits per heavy atom. The molecule has 0 saturated heterocycles. The summed E-state index contributed by atoms with van der Waals surface area (Å²) in [5.41, 5.74) is 17.0. The van der Waals surface area contributed by atoms with Crippen LogP contribution in [0, 0.1) is 0 Å². The van der Waals surface area contributed by atoms with E-state index in [0.717, 1.165) is 0 Å². The maximum Gasteiger partial charge on any atom is 0.490 e. The van der Waals surface area contributed by atoms with Crippen molar-refractivity contribution in [2.24, 2.45) is 17.2 Å². The molecule has 35 heteroatoms. The Hall–Kier alpha value is -8.73. The molecule has 0 radical (unpaired) electrons. The molecule has 0 aromatic heterocycles. The number of phenols is 1. The molecule has 436 valence electrons. The van der Waals surface area contributed by atoms with E-state index in [4.69, 9.17) is 32.2 Å². The van der Waals surface area contributed by atoms with Gasteiger partial charge >= 0.3 is 48.0 Å². The number of hydrogen-bond donors (Lipinski definition) is 18. The standard InChI is InChI=1S/C41H60N10O20.C2HF3O2/c42-11-3-1-5-22(45-36(65)24(13-19-7-9-20(52)10-8-19)47-34(63)21(44)14-29(53)54)35(64)48-26(16-31(57)58)38(67)50-28(18-33(61)62)40(69)51-27(17-32(59)60)39(68)49-25(15-30(55)56)37(66)46-23(41(70)71)6-2-4-12-43;3-2(4,5)1(6)7/h7-10,21-28,52H,1-6,11-18,42-44H2,(H,45,65)(H,46,66)(H,47,63)(H,48,64)(H,49,68)(H,50,67)(H,51,69)(H,53,54)(H,55,56)(H,57,58)(H,59,60)(H,61,62)(H,70,71);(H,6,7)/t21-,22-,23-,24-,25-,26-,27-,28-;/m0./s1. The number of rotatable bonds is 35. The lowest BCUT2D eigenvalue weighted by atomic mass is 10.0. The molecule has 0 aliphatic rings. The minimum atomic E-state index is -5.08. The molecule has 0 bridgehead atoms. The third-order valence-electron chi connectivity index (χ3n) is 10.2. The number of carboxylic acids is 7. The molecule has 7 amide bonds. The van der Waals surface area contributed by atoms with Crippen LogP contribution >= 0.6 is 0 Å². The van der Waals surface area contributed by atoms with Gasteiger partial charge in [0, 0.05) is 6.42 Å². The molecule has 1 aromatic carbocycles. The van der Waals surface area contributed by atoms with Crippen LogP contribution in [-0.4, -0.2) is 192 Å². The first kappa shape index (κ1) is 69.3. The van der Waals surface area contributed by atoms with Crippen molar-refractivity contribution in [1.82, 2.24) is 37.2 Å². The summed E-state index contributed by atoms with van der Waals surface area (Å²) >= 11 is 0. The van der Waals surface area contributed by atoms with Gasteiger partial charge in [-0.2, -0.15) is 13.2 Å². The van der Waals surface area contributed by atoms with Crippen LogP contribution in [0.4, 0.5) is 13.2 Å². The highest BCUT2D eigenvalue weighted by Gasteiger charge is 2.39. The number of alkyl halides is 3. The van der Waals surface area contributed by atoms with Gasteiger partial charge in [0.1, 0.15) is 48.0 Å². The van der Waals surface area contributed by atoms with Gasteiger partial charge in [-0.3, -0.25) is 57.5 Å². The largest absolute Gasteiger partial charge is 0.508 e. The quantitative estimate of drug-likeness (QED) is 0.0283. The van der Waals surface area contributed by atoms with Crippen LogP contribution in [0.25, 0.3) is 0 Å².